The van der Waals surface area contributed by atoms with Crippen LogP contribution in [0, 0.1) is 5.92 Å². The maximum Gasteiger partial charge on any atom is 0.242 e. The van der Waals surface area contributed by atoms with Crippen LogP contribution in [0.1, 0.15) is 13.8 Å². The molecule has 0 aromatic carbocycles. The van der Waals surface area contributed by atoms with E-state index < -0.39 is 0 Å². The van der Waals surface area contributed by atoms with Gasteiger partial charge in [-0.3, -0.25) is 4.79 Å². The third kappa shape index (κ3) is 3.67. The molecule has 1 aromatic rings. The van der Waals surface area contributed by atoms with Gasteiger partial charge in [0.2, 0.25) is 5.91 Å². The predicted octanol–water partition coefficient (Wildman–Crippen LogP) is -0.589. The van der Waals surface area contributed by atoms with Crippen molar-refractivity contribution in [2.24, 2.45) is 5.92 Å². The summed E-state index contributed by atoms with van der Waals surface area (Å²) < 4.78 is 1.43. The van der Waals surface area contributed by atoms with Crippen molar-refractivity contribution >= 4 is 5.91 Å². The summed E-state index contributed by atoms with van der Waals surface area (Å²) in [6, 6.07) is -0.207. The van der Waals surface area contributed by atoms with Crippen molar-refractivity contribution in [1.82, 2.24) is 20.1 Å². The van der Waals surface area contributed by atoms with E-state index >= 15 is 0 Å². The van der Waals surface area contributed by atoms with Gasteiger partial charge >= 0.3 is 0 Å². The number of rotatable bonds is 5. The lowest BCUT2D eigenvalue weighted by Crippen LogP contribution is -2.42. The van der Waals surface area contributed by atoms with E-state index in [0.29, 0.717) is 0 Å². The fourth-order valence-electron chi connectivity index (χ4n) is 1.14. The van der Waals surface area contributed by atoms with E-state index in [9.17, 15) is 4.79 Å². The number of carbonyl (C=O) groups is 1. The summed E-state index contributed by atoms with van der Waals surface area (Å²) in [6.45, 7) is 3.96. The summed E-state index contributed by atoms with van der Waals surface area (Å²) in [5.74, 6) is 0.0305. The maximum absolute atomic E-state index is 11.5. The largest absolute Gasteiger partial charge is 0.394 e. The predicted molar refractivity (Wildman–Crippen MR) is 53.9 cm³/mol. The molecule has 0 saturated heterocycles. The SMILES string of the molecule is CC(C)[C@@H](CO)NC(=O)Cn1cncn1. The van der Waals surface area contributed by atoms with Crippen LogP contribution in [0.25, 0.3) is 0 Å². The fraction of sp³-hybridized carbons (Fsp3) is 0.667. The highest BCUT2D eigenvalue weighted by Gasteiger charge is 2.15. The van der Waals surface area contributed by atoms with E-state index in [1.165, 1.54) is 17.3 Å². The Morgan fingerprint density at radius 2 is 2.33 bits per heavy atom. The number of carbonyl (C=O) groups excluding carboxylic acids is 1. The summed E-state index contributed by atoms with van der Waals surface area (Å²) in [5, 5.41) is 15.6. The zero-order chi connectivity index (χ0) is 11.3. The number of hydrogen-bond acceptors (Lipinski definition) is 4. The Labute approximate surface area is 88.3 Å². The molecule has 0 aliphatic rings. The minimum Gasteiger partial charge on any atom is -0.394 e. The van der Waals surface area contributed by atoms with Crippen molar-refractivity contribution in [3.63, 3.8) is 0 Å². The van der Waals surface area contributed by atoms with Gasteiger partial charge in [0, 0.05) is 0 Å². The van der Waals surface area contributed by atoms with Crippen molar-refractivity contribution in [2.45, 2.75) is 26.4 Å². The first kappa shape index (κ1) is 11.6. The first-order chi connectivity index (χ1) is 7.13. The van der Waals surface area contributed by atoms with E-state index in [-0.39, 0.29) is 31.0 Å². The highest BCUT2D eigenvalue weighted by Crippen LogP contribution is 2.00. The number of hydrogen-bond donors (Lipinski definition) is 2. The Hall–Kier alpha value is -1.43. The van der Waals surface area contributed by atoms with E-state index in [1.54, 1.807) is 0 Å². The molecular formula is C9H16N4O2. The molecular weight excluding hydrogens is 196 g/mol. The zero-order valence-corrected chi connectivity index (χ0v) is 8.92. The van der Waals surface area contributed by atoms with Gasteiger partial charge in [0.1, 0.15) is 19.2 Å². The molecule has 6 heteroatoms. The molecule has 1 amide bonds. The van der Waals surface area contributed by atoms with Gasteiger partial charge in [-0.15, -0.1) is 0 Å². The molecule has 0 aliphatic carbocycles. The Morgan fingerprint density at radius 3 is 2.80 bits per heavy atom. The molecule has 0 unspecified atom stereocenters. The van der Waals surface area contributed by atoms with E-state index in [0.717, 1.165) is 0 Å². The molecule has 0 bridgehead atoms. The smallest absolute Gasteiger partial charge is 0.242 e. The van der Waals surface area contributed by atoms with Crippen LogP contribution < -0.4 is 5.32 Å². The average Bonchev–Trinajstić information content (AvgIpc) is 2.66. The Kier molecular flexibility index (Phi) is 4.23. The van der Waals surface area contributed by atoms with Crippen molar-refractivity contribution < 1.29 is 9.90 Å². The summed E-state index contributed by atoms with van der Waals surface area (Å²) >= 11 is 0. The number of amides is 1. The van der Waals surface area contributed by atoms with Crippen LogP contribution in [0.15, 0.2) is 12.7 Å². The zero-order valence-electron chi connectivity index (χ0n) is 8.92. The molecule has 1 heterocycles. The minimum absolute atomic E-state index is 0.0548. The van der Waals surface area contributed by atoms with Crippen molar-refractivity contribution in [3.8, 4) is 0 Å². The van der Waals surface area contributed by atoms with Gasteiger partial charge in [-0.2, -0.15) is 5.10 Å². The first-order valence-corrected chi connectivity index (χ1v) is 4.86. The Balaban J connectivity index is 2.41. The highest BCUT2D eigenvalue weighted by atomic mass is 16.3. The third-order valence-corrected chi connectivity index (χ3v) is 2.12. The average molecular weight is 212 g/mol. The van der Waals surface area contributed by atoms with Crippen molar-refractivity contribution in [2.75, 3.05) is 6.61 Å². The third-order valence-electron chi connectivity index (χ3n) is 2.12. The number of nitrogens with one attached hydrogen (secondary N) is 1. The molecule has 0 radical (unpaired) electrons. The van der Waals surface area contributed by atoms with Gasteiger partial charge in [0.05, 0.1) is 12.6 Å². The van der Waals surface area contributed by atoms with Crippen molar-refractivity contribution in [1.29, 1.82) is 0 Å². The lowest BCUT2D eigenvalue weighted by molar-refractivity contribution is -0.123. The molecule has 0 aliphatic heterocycles. The molecule has 0 fully saturated rings. The van der Waals surface area contributed by atoms with Crippen LogP contribution in [0.5, 0.6) is 0 Å². The van der Waals surface area contributed by atoms with E-state index in [2.05, 4.69) is 15.4 Å². The van der Waals surface area contributed by atoms with Gasteiger partial charge in [-0.25, -0.2) is 9.67 Å². The van der Waals surface area contributed by atoms with Crippen LogP contribution in [-0.4, -0.2) is 38.4 Å². The Bertz CT molecular complexity index is 297. The summed E-state index contributed by atoms with van der Waals surface area (Å²) in [7, 11) is 0. The summed E-state index contributed by atoms with van der Waals surface area (Å²) in [5.41, 5.74) is 0. The van der Waals surface area contributed by atoms with E-state index in [1.807, 2.05) is 13.8 Å². The number of aromatic nitrogens is 3. The lowest BCUT2D eigenvalue weighted by Gasteiger charge is -2.19. The maximum atomic E-state index is 11.5. The van der Waals surface area contributed by atoms with Gasteiger partial charge in [-0.1, -0.05) is 13.8 Å². The van der Waals surface area contributed by atoms with Gasteiger partial charge in [0.15, 0.2) is 0 Å². The van der Waals surface area contributed by atoms with Crippen LogP contribution >= 0.6 is 0 Å². The molecule has 6 nitrogen and oxygen atoms in total. The molecule has 1 atom stereocenters. The van der Waals surface area contributed by atoms with Gasteiger partial charge in [-0.05, 0) is 5.92 Å². The van der Waals surface area contributed by atoms with E-state index in [4.69, 9.17) is 5.11 Å². The van der Waals surface area contributed by atoms with Crippen LogP contribution in [0.3, 0.4) is 0 Å². The number of nitrogens with zero attached hydrogens (tertiary/aromatic N) is 3. The Morgan fingerprint density at radius 1 is 1.60 bits per heavy atom. The second-order valence-corrected chi connectivity index (χ2v) is 3.69. The molecule has 84 valence electrons. The summed E-state index contributed by atoms with van der Waals surface area (Å²) in [6.07, 6.45) is 2.85. The minimum atomic E-state index is -0.207. The van der Waals surface area contributed by atoms with Crippen LogP contribution in [0.2, 0.25) is 0 Å². The second-order valence-electron chi connectivity index (χ2n) is 3.69. The molecule has 2 N–H and O–H groups in total. The first-order valence-electron chi connectivity index (χ1n) is 4.86. The van der Waals surface area contributed by atoms with Crippen LogP contribution in [-0.2, 0) is 11.3 Å². The molecule has 1 aromatic heterocycles. The van der Waals surface area contributed by atoms with Gasteiger partial charge < -0.3 is 10.4 Å². The fourth-order valence-corrected chi connectivity index (χ4v) is 1.14. The standard InChI is InChI=1S/C9H16N4O2/c1-7(2)8(4-14)12-9(15)3-13-6-10-5-11-13/h5-8,14H,3-4H2,1-2H3,(H,12,15)/t8-/m1/s1. The molecule has 0 saturated carbocycles. The quantitative estimate of drug-likeness (QED) is 0.683. The highest BCUT2D eigenvalue weighted by molar-refractivity contribution is 5.75. The van der Waals surface area contributed by atoms with Gasteiger partial charge in [0.25, 0.3) is 0 Å². The summed E-state index contributed by atoms with van der Waals surface area (Å²) in [4.78, 5) is 15.2. The lowest BCUT2D eigenvalue weighted by atomic mass is 10.1. The van der Waals surface area contributed by atoms with Crippen LogP contribution in [0.4, 0.5) is 0 Å². The molecule has 1 rings (SSSR count). The molecule has 0 spiro atoms. The second kappa shape index (κ2) is 5.45. The monoisotopic (exact) mass is 212 g/mol. The topological polar surface area (TPSA) is 80.0 Å². The molecule has 15 heavy (non-hydrogen) atoms. The number of aliphatic hydroxyl groups excluding tert-OH is 1. The number of aliphatic hydroxyl groups is 1. The van der Waals surface area contributed by atoms with Crippen molar-refractivity contribution in [3.05, 3.63) is 12.7 Å². The normalized spacial score (nSPS) is 12.8.